The molecule has 0 fully saturated rings. The van der Waals surface area contributed by atoms with Crippen molar-refractivity contribution in [2.45, 2.75) is 52.4 Å². The summed E-state index contributed by atoms with van der Waals surface area (Å²) in [6, 6.07) is 8.85. The first kappa shape index (κ1) is 24.4. The van der Waals surface area contributed by atoms with Crippen molar-refractivity contribution in [3.8, 4) is 11.3 Å². The Kier molecular flexibility index (Phi) is 7.79. The molecule has 5 nitrogen and oxygen atoms in total. The van der Waals surface area contributed by atoms with Crippen LogP contribution in [0.3, 0.4) is 0 Å². The van der Waals surface area contributed by atoms with Crippen LogP contribution in [-0.4, -0.2) is 23.5 Å². The van der Waals surface area contributed by atoms with Crippen molar-refractivity contribution in [3.63, 3.8) is 0 Å². The third-order valence-corrected chi connectivity index (χ3v) is 5.36. The van der Waals surface area contributed by atoms with Gasteiger partial charge in [0, 0.05) is 18.3 Å². The third-order valence-electron chi connectivity index (χ3n) is 5.36. The fourth-order valence-corrected chi connectivity index (χ4v) is 3.48. The molecule has 0 saturated carbocycles. The zero-order chi connectivity index (χ0) is 24.0. The topological polar surface area (TPSA) is 52.6 Å². The van der Waals surface area contributed by atoms with E-state index in [0.29, 0.717) is 35.3 Å². The summed E-state index contributed by atoms with van der Waals surface area (Å²) in [5, 5.41) is 6.45. The van der Waals surface area contributed by atoms with Gasteiger partial charge in [0.2, 0.25) is 0 Å². The van der Waals surface area contributed by atoms with E-state index in [-0.39, 0.29) is 6.17 Å². The molecule has 1 aromatic carbocycles. The van der Waals surface area contributed by atoms with Crippen LogP contribution in [0.5, 0.6) is 0 Å². The van der Waals surface area contributed by atoms with E-state index in [2.05, 4.69) is 29.1 Å². The van der Waals surface area contributed by atoms with Crippen molar-refractivity contribution in [2.24, 2.45) is 4.99 Å². The highest BCUT2D eigenvalue weighted by atomic mass is 19.4. The van der Waals surface area contributed by atoms with Gasteiger partial charge in [-0.15, -0.1) is 0 Å². The van der Waals surface area contributed by atoms with Gasteiger partial charge in [-0.25, -0.2) is 9.98 Å². The number of benzene rings is 1. The van der Waals surface area contributed by atoms with E-state index >= 15 is 0 Å². The van der Waals surface area contributed by atoms with Crippen molar-refractivity contribution in [2.75, 3.05) is 11.4 Å². The van der Waals surface area contributed by atoms with Crippen molar-refractivity contribution in [3.05, 3.63) is 72.2 Å². The lowest BCUT2D eigenvalue weighted by atomic mass is 10.1. The van der Waals surface area contributed by atoms with Crippen LogP contribution in [0.1, 0.15) is 44.2 Å². The lowest BCUT2D eigenvalue weighted by molar-refractivity contribution is -0.137. The summed E-state index contributed by atoms with van der Waals surface area (Å²) in [5.74, 6) is 1.96. The highest BCUT2D eigenvalue weighted by Crippen LogP contribution is 2.33. The summed E-state index contributed by atoms with van der Waals surface area (Å²) in [6.45, 7) is 10.9. The van der Waals surface area contributed by atoms with Gasteiger partial charge < -0.3 is 15.5 Å². The second-order valence-electron chi connectivity index (χ2n) is 7.93. The van der Waals surface area contributed by atoms with Crippen LogP contribution in [0.2, 0.25) is 0 Å². The standard InChI is InChI=1S/C25H30F3N5/c1-5-7-15-33(18(4)30-23-13-14-29-22(6-2)32-23)24-17(3)11-12-21(31-24)19-9-8-10-20(16-19)25(26,27)28/h8-14,16,22,29H,4-7,15H2,1-3H3,(H,30,32). The van der Waals surface area contributed by atoms with Crippen LogP contribution in [0, 0.1) is 6.92 Å². The van der Waals surface area contributed by atoms with E-state index in [1.165, 1.54) is 6.07 Å². The van der Waals surface area contributed by atoms with Crippen LogP contribution in [-0.2, 0) is 6.18 Å². The monoisotopic (exact) mass is 457 g/mol. The molecule has 0 aliphatic carbocycles. The van der Waals surface area contributed by atoms with Crippen molar-refractivity contribution < 1.29 is 13.2 Å². The number of hydrogen-bond acceptors (Lipinski definition) is 5. The van der Waals surface area contributed by atoms with Gasteiger partial charge in [-0.3, -0.25) is 0 Å². The number of nitrogens with zero attached hydrogens (tertiary/aromatic N) is 3. The lowest BCUT2D eigenvalue weighted by Crippen LogP contribution is -2.38. The summed E-state index contributed by atoms with van der Waals surface area (Å²) in [6.07, 6.45) is 2.00. The van der Waals surface area contributed by atoms with E-state index in [4.69, 9.17) is 4.98 Å². The molecule has 176 valence electrons. The number of halogens is 3. The second kappa shape index (κ2) is 10.6. The maximum Gasteiger partial charge on any atom is 0.416 e. The summed E-state index contributed by atoms with van der Waals surface area (Å²) in [4.78, 5) is 11.3. The van der Waals surface area contributed by atoms with Gasteiger partial charge >= 0.3 is 6.18 Å². The van der Waals surface area contributed by atoms with Crippen molar-refractivity contribution >= 4 is 11.7 Å². The van der Waals surface area contributed by atoms with Gasteiger partial charge in [0.15, 0.2) is 0 Å². The minimum absolute atomic E-state index is 0.00140. The zero-order valence-electron chi connectivity index (χ0n) is 19.2. The normalized spacial score (nSPS) is 15.6. The molecule has 8 heteroatoms. The minimum Gasteiger partial charge on any atom is -0.370 e. The molecule has 1 aromatic heterocycles. The first-order chi connectivity index (χ1) is 15.7. The number of aliphatic imine (C=N–C) groups is 1. The molecular weight excluding hydrogens is 427 g/mol. The highest BCUT2D eigenvalue weighted by molar-refractivity contribution is 5.95. The molecule has 3 rings (SSSR count). The van der Waals surface area contributed by atoms with Crippen LogP contribution in [0.4, 0.5) is 19.0 Å². The van der Waals surface area contributed by atoms with E-state index in [1.54, 1.807) is 12.1 Å². The molecule has 1 aliphatic heterocycles. The van der Waals surface area contributed by atoms with E-state index in [9.17, 15) is 13.2 Å². The molecule has 2 N–H and O–H groups in total. The maximum atomic E-state index is 13.2. The summed E-state index contributed by atoms with van der Waals surface area (Å²) >= 11 is 0. The first-order valence-electron chi connectivity index (χ1n) is 11.1. The molecular formula is C25H30F3N5. The number of unbranched alkanes of at least 4 members (excludes halogenated alkanes) is 1. The molecule has 2 heterocycles. The number of hydrogen-bond donors (Lipinski definition) is 2. The number of rotatable bonds is 8. The number of aromatic nitrogens is 1. The number of pyridine rings is 1. The Labute approximate surface area is 193 Å². The van der Waals surface area contributed by atoms with Gasteiger partial charge in [-0.1, -0.05) is 45.0 Å². The van der Waals surface area contributed by atoms with E-state index in [0.717, 1.165) is 37.0 Å². The van der Waals surface area contributed by atoms with Gasteiger partial charge in [0.05, 0.1) is 11.3 Å². The first-order valence-corrected chi connectivity index (χ1v) is 11.1. The molecule has 1 atom stereocenters. The molecule has 0 amide bonds. The fourth-order valence-electron chi connectivity index (χ4n) is 3.48. The minimum atomic E-state index is -4.41. The molecule has 0 bridgehead atoms. The molecule has 0 saturated heterocycles. The van der Waals surface area contributed by atoms with Crippen molar-refractivity contribution in [1.29, 1.82) is 0 Å². The molecule has 0 radical (unpaired) electrons. The summed E-state index contributed by atoms with van der Waals surface area (Å²) < 4.78 is 39.6. The SMILES string of the molecule is C=C(NC1=NC(CC)NC=C1)N(CCCC)c1nc(-c2cccc(C(F)(F)F)c2)ccc1C. The summed E-state index contributed by atoms with van der Waals surface area (Å²) in [5.41, 5.74) is 1.09. The van der Waals surface area contributed by atoms with Gasteiger partial charge in [0.1, 0.15) is 23.6 Å². The molecule has 1 aliphatic rings. The predicted molar refractivity (Wildman–Crippen MR) is 128 cm³/mol. The van der Waals surface area contributed by atoms with E-state index in [1.807, 2.05) is 37.1 Å². The second-order valence-corrected chi connectivity index (χ2v) is 7.93. The number of alkyl halides is 3. The Morgan fingerprint density at radius 1 is 1.21 bits per heavy atom. The predicted octanol–water partition coefficient (Wildman–Crippen LogP) is 5.99. The molecule has 33 heavy (non-hydrogen) atoms. The fraction of sp³-hybridized carbons (Fsp3) is 0.360. The molecule has 1 unspecified atom stereocenters. The zero-order valence-corrected chi connectivity index (χ0v) is 19.2. The highest BCUT2D eigenvalue weighted by Gasteiger charge is 2.30. The van der Waals surface area contributed by atoms with Crippen LogP contribution >= 0.6 is 0 Å². The smallest absolute Gasteiger partial charge is 0.370 e. The van der Waals surface area contributed by atoms with E-state index < -0.39 is 11.7 Å². The maximum absolute atomic E-state index is 13.2. The largest absolute Gasteiger partial charge is 0.416 e. The third kappa shape index (κ3) is 6.15. The Balaban J connectivity index is 1.94. The van der Waals surface area contributed by atoms with Crippen LogP contribution in [0.25, 0.3) is 11.3 Å². The Hall–Kier alpha value is -3.29. The van der Waals surface area contributed by atoms with Gasteiger partial charge in [-0.2, -0.15) is 13.2 Å². The summed E-state index contributed by atoms with van der Waals surface area (Å²) in [7, 11) is 0. The Bertz CT molecular complexity index is 1040. The lowest BCUT2D eigenvalue weighted by Gasteiger charge is -2.29. The quantitative estimate of drug-likeness (QED) is 0.511. The van der Waals surface area contributed by atoms with Crippen molar-refractivity contribution in [1.82, 2.24) is 15.6 Å². The average Bonchev–Trinajstić information content (AvgIpc) is 2.80. The number of anilines is 1. The average molecular weight is 458 g/mol. The Morgan fingerprint density at radius 2 is 2.00 bits per heavy atom. The Morgan fingerprint density at radius 3 is 2.70 bits per heavy atom. The number of amidine groups is 1. The van der Waals surface area contributed by atoms with Gasteiger partial charge in [0.25, 0.3) is 0 Å². The molecule has 2 aromatic rings. The van der Waals surface area contributed by atoms with Crippen LogP contribution in [0.15, 0.2) is 66.1 Å². The van der Waals surface area contributed by atoms with Gasteiger partial charge in [-0.05, 0) is 49.6 Å². The molecule has 0 spiro atoms. The number of aryl methyl sites for hydroxylation is 1. The van der Waals surface area contributed by atoms with Crippen LogP contribution < -0.4 is 15.5 Å². The number of nitrogens with one attached hydrogen (secondary N) is 2.